The van der Waals surface area contributed by atoms with E-state index in [1.807, 2.05) is 0 Å². The van der Waals surface area contributed by atoms with E-state index in [0.29, 0.717) is 5.56 Å². The molecule has 0 atom stereocenters. The van der Waals surface area contributed by atoms with Gasteiger partial charge in [0.15, 0.2) is 5.82 Å². The van der Waals surface area contributed by atoms with Gasteiger partial charge < -0.3 is 4.90 Å². The number of hydrogen-bond donors (Lipinski definition) is 0. The Bertz CT molecular complexity index is 467. The van der Waals surface area contributed by atoms with Crippen LogP contribution in [0.2, 0.25) is 0 Å². The van der Waals surface area contributed by atoms with E-state index < -0.39 is 0 Å². The molecule has 1 aliphatic carbocycles. The van der Waals surface area contributed by atoms with Crippen molar-refractivity contribution in [2.75, 3.05) is 31.1 Å². The fourth-order valence-corrected chi connectivity index (χ4v) is 3.21. The predicted molar refractivity (Wildman–Crippen MR) is 72.8 cm³/mol. The molecule has 0 N–H and O–H groups in total. The average molecular weight is 257 g/mol. The molecule has 100 valence electrons. The van der Waals surface area contributed by atoms with Crippen LogP contribution in [-0.4, -0.2) is 47.3 Å². The Morgan fingerprint density at radius 2 is 1.89 bits per heavy atom. The second-order valence-corrected chi connectivity index (χ2v) is 5.34. The zero-order chi connectivity index (χ0) is 13.1. The first-order valence-electron chi connectivity index (χ1n) is 7.09. The standard InChI is InChI=1S/C14H19N5/c15-11-12-5-6-16-17-14(12)19-9-7-18(8-10-19)13-3-1-2-4-13/h5-6,13H,1-4,7-10H2. The Hall–Kier alpha value is -1.67. The van der Waals surface area contributed by atoms with Gasteiger partial charge in [0, 0.05) is 32.2 Å². The first kappa shape index (κ1) is 12.4. The van der Waals surface area contributed by atoms with Crippen molar-refractivity contribution in [2.45, 2.75) is 31.7 Å². The van der Waals surface area contributed by atoms with Gasteiger partial charge in [0.2, 0.25) is 0 Å². The van der Waals surface area contributed by atoms with Crippen LogP contribution in [0.25, 0.3) is 0 Å². The molecule has 1 aliphatic heterocycles. The third kappa shape index (κ3) is 2.54. The van der Waals surface area contributed by atoms with Crippen LogP contribution in [-0.2, 0) is 0 Å². The van der Waals surface area contributed by atoms with Gasteiger partial charge >= 0.3 is 0 Å². The quantitative estimate of drug-likeness (QED) is 0.802. The lowest BCUT2D eigenvalue weighted by Gasteiger charge is -2.38. The lowest BCUT2D eigenvalue weighted by molar-refractivity contribution is 0.187. The van der Waals surface area contributed by atoms with Crippen molar-refractivity contribution >= 4 is 5.82 Å². The number of piperazine rings is 1. The van der Waals surface area contributed by atoms with Crippen molar-refractivity contribution in [3.8, 4) is 6.07 Å². The predicted octanol–water partition coefficient (Wildman–Crippen LogP) is 1.41. The number of nitriles is 1. The fourth-order valence-electron chi connectivity index (χ4n) is 3.21. The molecular formula is C14H19N5. The second-order valence-electron chi connectivity index (χ2n) is 5.34. The summed E-state index contributed by atoms with van der Waals surface area (Å²) in [6, 6.07) is 4.73. The van der Waals surface area contributed by atoms with Gasteiger partial charge in [0.1, 0.15) is 6.07 Å². The summed E-state index contributed by atoms with van der Waals surface area (Å²) in [7, 11) is 0. The molecule has 2 aliphatic rings. The topological polar surface area (TPSA) is 56.1 Å². The monoisotopic (exact) mass is 257 g/mol. The van der Waals surface area contributed by atoms with Crippen LogP contribution in [0.5, 0.6) is 0 Å². The van der Waals surface area contributed by atoms with E-state index in [0.717, 1.165) is 38.0 Å². The smallest absolute Gasteiger partial charge is 0.169 e. The molecule has 5 heteroatoms. The van der Waals surface area contributed by atoms with Crippen molar-refractivity contribution in [1.29, 1.82) is 5.26 Å². The normalized spacial score (nSPS) is 21.5. The number of anilines is 1. The van der Waals surface area contributed by atoms with Crippen molar-refractivity contribution in [3.63, 3.8) is 0 Å². The molecule has 1 saturated carbocycles. The summed E-state index contributed by atoms with van der Waals surface area (Å²) in [5, 5.41) is 17.2. The minimum atomic E-state index is 0.629. The van der Waals surface area contributed by atoms with Crippen molar-refractivity contribution in [2.24, 2.45) is 0 Å². The third-order valence-electron chi connectivity index (χ3n) is 4.28. The molecule has 0 spiro atoms. The van der Waals surface area contributed by atoms with Crippen LogP contribution < -0.4 is 4.90 Å². The maximum absolute atomic E-state index is 9.12. The van der Waals surface area contributed by atoms with E-state index in [9.17, 15) is 0 Å². The number of nitrogens with zero attached hydrogens (tertiary/aromatic N) is 5. The average Bonchev–Trinajstić information content (AvgIpc) is 3.02. The maximum atomic E-state index is 9.12. The van der Waals surface area contributed by atoms with Gasteiger partial charge in [-0.3, -0.25) is 4.90 Å². The summed E-state index contributed by atoms with van der Waals surface area (Å²) in [6.07, 6.45) is 7.06. The minimum absolute atomic E-state index is 0.629. The zero-order valence-corrected chi connectivity index (χ0v) is 11.1. The second kappa shape index (κ2) is 5.54. The summed E-state index contributed by atoms with van der Waals surface area (Å²) in [4.78, 5) is 4.79. The van der Waals surface area contributed by atoms with Gasteiger partial charge in [0.25, 0.3) is 0 Å². The first-order chi connectivity index (χ1) is 9.38. The number of hydrogen-bond acceptors (Lipinski definition) is 5. The summed E-state index contributed by atoms with van der Waals surface area (Å²) < 4.78 is 0. The highest BCUT2D eigenvalue weighted by molar-refractivity contribution is 5.52. The van der Waals surface area contributed by atoms with E-state index in [1.54, 1.807) is 12.3 Å². The molecule has 0 radical (unpaired) electrons. The van der Waals surface area contributed by atoms with E-state index in [4.69, 9.17) is 5.26 Å². The van der Waals surface area contributed by atoms with E-state index in [-0.39, 0.29) is 0 Å². The molecule has 2 heterocycles. The van der Waals surface area contributed by atoms with Gasteiger partial charge in [-0.1, -0.05) is 12.8 Å². The first-order valence-corrected chi connectivity index (χ1v) is 7.09. The molecular weight excluding hydrogens is 238 g/mol. The van der Waals surface area contributed by atoms with Gasteiger partial charge in [-0.05, 0) is 18.9 Å². The summed E-state index contributed by atoms with van der Waals surface area (Å²) >= 11 is 0. The van der Waals surface area contributed by atoms with Gasteiger partial charge in [-0.2, -0.15) is 10.4 Å². The van der Waals surface area contributed by atoms with Crippen LogP contribution in [0, 0.1) is 11.3 Å². The molecule has 5 nitrogen and oxygen atoms in total. The summed E-state index contributed by atoms with van der Waals surface area (Å²) in [6.45, 7) is 4.05. The van der Waals surface area contributed by atoms with Crippen molar-refractivity contribution < 1.29 is 0 Å². The Morgan fingerprint density at radius 1 is 1.16 bits per heavy atom. The lowest BCUT2D eigenvalue weighted by atomic mass is 10.1. The number of rotatable bonds is 2. The molecule has 3 rings (SSSR count). The molecule has 0 amide bonds. The minimum Gasteiger partial charge on any atom is -0.351 e. The Balaban J connectivity index is 1.65. The zero-order valence-electron chi connectivity index (χ0n) is 11.1. The fraction of sp³-hybridized carbons (Fsp3) is 0.643. The van der Waals surface area contributed by atoms with E-state index in [2.05, 4.69) is 26.1 Å². The van der Waals surface area contributed by atoms with Crippen LogP contribution in [0.15, 0.2) is 12.3 Å². The molecule has 1 saturated heterocycles. The van der Waals surface area contributed by atoms with Gasteiger partial charge in [-0.25, -0.2) is 0 Å². The van der Waals surface area contributed by atoms with Crippen LogP contribution in [0.4, 0.5) is 5.82 Å². The van der Waals surface area contributed by atoms with Crippen LogP contribution >= 0.6 is 0 Å². The Morgan fingerprint density at radius 3 is 2.58 bits per heavy atom. The molecule has 19 heavy (non-hydrogen) atoms. The maximum Gasteiger partial charge on any atom is 0.169 e. The highest BCUT2D eigenvalue weighted by atomic mass is 15.3. The van der Waals surface area contributed by atoms with Crippen molar-refractivity contribution in [1.82, 2.24) is 15.1 Å². The Labute approximate surface area is 113 Å². The van der Waals surface area contributed by atoms with E-state index >= 15 is 0 Å². The van der Waals surface area contributed by atoms with E-state index in [1.165, 1.54) is 25.7 Å². The highest BCUT2D eigenvalue weighted by Crippen LogP contribution is 2.25. The number of aromatic nitrogens is 2. The molecule has 0 bridgehead atoms. The molecule has 0 aromatic carbocycles. The third-order valence-corrected chi connectivity index (χ3v) is 4.28. The van der Waals surface area contributed by atoms with Gasteiger partial charge in [-0.15, -0.1) is 5.10 Å². The largest absolute Gasteiger partial charge is 0.351 e. The lowest BCUT2D eigenvalue weighted by Crippen LogP contribution is -2.50. The highest BCUT2D eigenvalue weighted by Gasteiger charge is 2.27. The summed E-state index contributed by atoms with van der Waals surface area (Å²) in [5.41, 5.74) is 0.629. The SMILES string of the molecule is N#Cc1ccnnc1N1CCN(C2CCCC2)CC1. The molecule has 0 unspecified atom stereocenters. The van der Waals surface area contributed by atoms with Crippen molar-refractivity contribution in [3.05, 3.63) is 17.8 Å². The molecule has 1 aromatic rings. The molecule has 2 fully saturated rings. The molecule has 1 aromatic heterocycles. The van der Waals surface area contributed by atoms with Crippen LogP contribution in [0.1, 0.15) is 31.2 Å². The van der Waals surface area contributed by atoms with Crippen LogP contribution in [0.3, 0.4) is 0 Å². The van der Waals surface area contributed by atoms with Gasteiger partial charge in [0.05, 0.1) is 11.8 Å². The Kier molecular flexibility index (Phi) is 3.60. The summed E-state index contributed by atoms with van der Waals surface area (Å²) in [5.74, 6) is 0.746.